The van der Waals surface area contributed by atoms with Crippen LogP contribution in [0.3, 0.4) is 0 Å². The predicted octanol–water partition coefficient (Wildman–Crippen LogP) is 2.76. The SMILES string of the molecule is COC(=O)[C@H](Cc1c[nH]c2ccc(C#CCCC(=O)O)cc12)N1C(=O)c2ccccc2C1=O. The van der Waals surface area contributed by atoms with E-state index < -0.39 is 29.8 Å². The molecule has 1 aliphatic rings. The van der Waals surface area contributed by atoms with Crippen LogP contribution in [-0.4, -0.2) is 51.9 Å². The number of nitrogens with one attached hydrogen (secondary N) is 1. The van der Waals surface area contributed by atoms with Gasteiger partial charge in [0.1, 0.15) is 6.04 Å². The van der Waals surface area contributed by atoms with Crippen LogP contribution in [0.15, 0.2) is 48.7 Å². The molecule has 8 nitrogen and oxygen atoms in total. The van der Waals surface area contributed by atoms with E-state index in [-0.39, 0.29) is 30.4 Å². The maximum atomic E-state index is 12.9. The standard InChI is InChI=1S/C25H20N2O6/c1-33-25(32)21(27-23(30)17-7-3-4-8-18(17)24(27)31)13-16-14-26-20-11-10-15(12-19(16)20)6-2-5-9-22(28)29/h3-4,7-8,10-12,14,21,26H,5,9,13H2,1H3,(H,28,29)/t21-/m0/s1. The largest absolute Gasteiger partial charge is 0.481 e. The number of rotatable bonds is 6. The molecule has 1 aromatic heterocycles. The van der Waals surface area contributed by atoms with Gasteiger partial charge in [-0.15, -0.1) is 0 Å². The molecule has 8 heteroatoms. The minimum atomic E-state index is -1.13. The van der Waals surface area contributed by atoms with Crippen molar-refractivity contribution in [2.24, 2.45) is 0 Å². The lowest BCUT2D eigenvalue weighted by Crippen LogP contribution is -2.46. The number of hydrogen-bond donors (Lipinski definition) is 2. The number of methoxy groups -OCH3 is 1. The molecule has 2 amide bonds. The molecule has 2 heterocycles. The lowest BCUT2D eigenvalue weighted by molar-refractivity contribution is -0.145. The summed E-state index contributed by atoms with van der Waals surface area (Å²) in [6, 6.07) is 10.8. The fourth-order valence-corrected chi connectivity index (χ4v) is 3.87. The van der Waals surface area contributed by atoms with Crippen molar-refractivity contribution in [2.45, 2.75) is 25.3 Å². The molecule has 3 aromatic rings. The number of carboxylic acids is 1. The van der Waals surface area contributed by atoms with Gasteiger partial charge in [0, 0.05) is 35.5 Å². The molecule has 0 spiro atoms. The zero-order valence-electron chi connectivity index (χ0n) is 17.8. The van der Waals surface area contributed by atoms with Crippen molar-refractivity contribution in [2.75, 3.05) is 7.11 Å². The van der Waals surface area contributed by atoms with Gasteiger partial charge in [0.05, 0.1) is 24.7 Å². The molecule has 166 valence electrons. The molecule has 33 heavy (non-hydrogen) atoms. The third-order valence-corrected chi connectivity index (χ3v) is 5.49. The fraction of sp³-hybridized carbons (Fsp3) is 0.200. The van der Waals surface area contributed by atoms with Crippen molar-refractivity contribution in [1.29, 1.82) is 0 Å². The fourth-order valence-electron chi connectivity index (χ4n) is 3.87. The molecule has 0 fully saturated rings. The number of hydrogen-bond acceptors (Lipinski definition) is 5. The first-order valence-electron chi connectivity index (χ1n) is 10.3. The number of H-pyrrole nitrogens is 1. The number of nitrogens with zero attached hydrogens (tertiary/aromatic N) is 1. The van der Waals surface area contributed by atoms with Gasteiger partial charge in [0.2, 0.25) is 0 Å². The Hall–Kier alpha value is -4.38. The number of benzene rings is 2. The van der Waals surface area contributed by atoms with Gasteiger partial charge in [-0.05, 0) is 35.9 Å². The van der Waals surface area contributed by atoms with E-state index in [4.69, 9.17) is 9.84 Å². The first kappa shape index (κ1) is 21.8. The highest BCUT2D eigenvalue weighted by Gasteiger charge is 2.43. The van der Waals surface area contributed by atoms with Crippen molar-refractivity contribution >= 4 is 34.7 Å². The number of carbonyl (C=O) groups is 4. The van der Waals surface area contributed by atoms with Gasteiger partial charge in [-0.1, -0.05) is 24.0 Å². The van der Waals surface area contributed by atoms with Crippen LogP contribution >= 0.6 is 0 Å². The Bertz CT molecular complexity index is 1310. The Kier molecular flexibility index (Phi) is 5.96. The quantitative estimate of drug-likeness (QED) is 0.343. The van der Waals surface area contributed by atoms with Crippen molar-refractivity contribution in [3.05, 3.63) is 70.9 Å². The van der Waals surface area contributed by atoms with E-state index in [2.05, 4.69) is 16.8 Å². The Morgan fingerprint density at radius 1 is 1.12 bits per heavy atom. The van der Waals surface area contributed by atoms with Crippen LogP contribution < -0.4 is 0 Å². The monoisotopic (exact) mass is 444 g/mol. The van der Waals surface area contributed by atoms with Crippen molar-refractivity contribution < 1.29 is 29.0 Å². The van der Waals surface area contributed by atoms with Crippen molar-refractivity contribution in [3.8, 4) is 11.8 Å². The predicted molar refractivity (Wildman–Crippen MR) is 118 cm³/mol. The average Bonchev–Trinajstić information content (AvgIpc) is 3.33. The van der Waals surface area contributed by atoms with Gasteiger partial charge >= 0.3 is 11.9 Å². The lowest BCUT2D eigenvalue weighted by Gasteiger charge is -2.23. The number of carboxylic acid groups (broad SMARTS) is 1. The molecule has 0 bridgehead atoms. The molecule has 1 aliphatic heterocycles. The first-order valence-corrected chi connectivity index (χ1v) is 10.3. The molecule has 0 aliphatic carbocycles. The van der Waals surface area contributed by atoms with Crippen LogP contribution in [0.2, 0.25) is 0 Å². The number of amides is 2. The van der Waals surface area contributed by atoms with E-state index in [9.17, 15) is 19.2 Å². The van der Waals surface area contributed by atoms with Gasteiger partial charge in [-0.3, -0.25) is 19.3 Å². The third kappa shape index (κ3) is 4.21. The van der Waals surface area contributed by atoms with Crippen LogP contribution in [0, 0.1) is 11.8 Å². The molecule has 0 radical (unpaired) electrons. The van der Waals surface area contributed by atoms with Crippen LogP contribution in [-0.2, 0) is 20.7 Å². The molecule has 2 N–H and O–H groups in total. The molecular weight excluding hydrogens is 424 g/mol. The number of aromatic nitrogens is 1. The number of ether oxygens (including phenoxy) is 1. The van der Waals surface area contributed by atoms with E-state index >= 15 is 0 Å². The Morgan fingerprint density at radius 2 is 1.82 bits per heavy atom. The number of esters is 1. The zero-order valence-corrected chi connectivity index (χ0v) is 17.8. The highest BCUT2D eigenvalue weighted by molar-refractivity contribution is 6.22. The number of fused-ring (bicyclic) bond motifs is 2. The summed E-state index contributed by atoms with van der Waals surface area (Å²) < 4.78 is 4.92. The molecule has 1 atom stereocenters. The van der Waals surface area contributed by atoms with Gasteiger partial charge < -0.3 is 14.8 Å². The van der Waals surface area contributed by atoms with E-state index in [0.717, 1.165) is 15.8 Å². The molecule has 4 rings (SSSR count). The van der Waals surface area contributed by atoms with Gasteiger partial charge in [0.15, 0.2) is 0 Å². The number of imide groups is 1. The Balaban J connectivity index is 1.65. The maximum Gasteiger partial charge on any atom is 0.329 e. The molecule has 0 saturated carbocycles. The topological polar surface area (TPSA) is 117 Å². The molecule has 0 saturated heterocycles. The summed E-state index contributed by atoms with van der Waals surface area (Å²) >= 11 is 0. The van der Waals surface area contributed by atoms with Crippen molar-refractivity contribution in [1.82, 2.24) is 9.88 Å². The maximum absolute atomic E-state index is 12.9. The van der Waals surface area contributed by atoms with E-state index in [1.54, 1.807) is 36.5 Å². The second kappa shape index (κ2) is 9.01. The summed E-state index contributed by atoms with van der Waals surface area (Å²) in [5, 5.41) is 9.52. The second-order valence-electron chi connectivity index (χ2n) is 7.54. The minimum Gasteiger partial charge on any atom is -0.481 e. The number of carbonyl (C=O) groups excluding carboxylic acids is 3. The number of aliphatic carboxylic acids is 1. The van der Waals surface area contributed by atoms with Crippen LogP contribution in [0.5, 0.6) is 0 Å². The van der Waals surface area contributed by atoms with Gasteiger partial charge in [-0.2, -0.15) is 0 Å². The van der Waals surface area contributed by atoms with E-state index in [1.165, 1.54) is 7.11 Å². The van der Waals surface area contributed by atoms with Crippen LogP contribution in [0.25, 0.3) is 10.9 Å². The molecule has 0 unspecified atom stereocenters. The Morgan fingerprint density at radius 3 is 2.45 bits per heavy atom. The third-order valence-electron chi connectivity index (χ3n) is 5.49. The minimum absolute atomic E-state index is 0.0360. The van der Waals surface area contributed by atoms with E-state index in [1.807, 2.05) is 12.1 Å². The Labute approximate surface area is 189 Å². The smallest absolute Gasteiger partial charge is 0.329 e. The lowest BCUT2D eigenvalue weighted by atomic mass is 10.0. The summed E-state index contributed by atoms with van der Waals surface area (Å²) in [5.74, 6) is 3.11. The zero-order chi connectivity index (χ0) is 23.5. The summed E-state index contributed by atoms with van der Waals surface area (Å²) in [5.41, 5.74) is 2.71. The second-order valence-corrected chi connectivity index (χ2v) is 7.54. The summed E-state index contributed by atoms with van der Waals surface area (Å²) in [6.07, 6.45) is 1.98. The summed E-state index contributed by atoms with van der Waals surface area (Å²) in [7, 11) is 1.22. The normalized spacial score (nSPS) is 13.4. The summed E-state index contributed by atoms with van der Waals surface area (Å²) in [6.45, 7) is 0. The molecule has 2 aromatic carbocycles. The van der Waals surface area contributed by atoms with Gasteiger partial charge in [0.25, 0.3) is 11.8 Å². The highest BCUT2D eigenvalue weighted by atomic mass is 16.5. The van der Waals surface area contributed by atoms with Gasteiger partial charge in [-0.25, -0.2) is 4.79 Å². The molecular formula is C25H20N2O6. The average molecular weight is 444 g/mol. The summed E-state index contributed by atoms with van der Waals surface area (Å²) in [4.78, 5) is 53.3. The number of aromatic amines is 1. The van der Waals surface area contributed by atoms with E-state index in [0.29, 0.717) is 11.1 Å². The first-order chi connectivity index (χ1) is 15.9. The van der Waals surface area contributed by atoms with Crippen LogP contribution in [0.4, 0.5) is 0 Å². The highest BCUT2D eigenvalue weighted by Crippen LogP contribution is 2.28. The van der Waals surface area contributed by atoms with Crippen molar-refractivity contribution in [3.63, 3.8) is 0 Å². The van der Waals surface area contributed by atoms with Crippen LogP contribution in [0.1, 0.15) is 44.7 Å².